The highest BCUT2D eigenvalue weighted by molar-refractivity contribution is 6.04. The molecule has 1 heterocycles. The van der Waals surface area contributed by atoms with Crippen LogP contribution in [0, 0.1) is 0 Å². The number of carbonyl (C=O) groups excluding carboxylic acids is 1. The van der Waals surface area contributed by atoms with Crippen molar-refractivity contribution in [3.63, 3.8) is 0 Å². The topological polar surface area (TPSA) is 93.5 Å². The third kappa shape index (κ3) is 2.94. The molecule has 20 heavy (non-hydrogen) atoms. The molecule has 0 atom stereocenters. The Hall–Kier alpha value is -2.83. The van der Waals surface area contributed by atoms with E-state index < -0.39 is 11.9 Å². The largest absolute Gasteiger partial charge is 0.495 e. The molecule has 104 valence electrons. The first-order chi connectivity index (χ1) is 9.61. The van der Waals surface area contributed by atoms with Crippen LogP contribution in [0.15, 0.2) is 36.5 Å². The number of carboxylic acid groups (broad SMARTS) is 1. The average molecular weight is 275 g/mol. The van der Waals surface area contributed by atoms with Crippen molar-refractivity contribution < 1.29 is 19.4 Å². The van der Waals surface area contributed by atoms with Crippen LogP contribution in [0.1, 0.15) is 10.5 Å². The lowest BCUT2D eigenvalue weighted by Gasteiger charge is -2.10. The Morgan fingerprint density at radius 2 is 2.10 bits per heavy atom. The maximum absolute atomic E-state index is 12.1. The van der Waals surface area contributed by atoms with Gasteiger partial charge in [0.05, 0.1) is 12.8 Å². The number of para-hydroxylation sites is 2. The number of carboxylic acids is 1. The number of aromatic nitrogens is 2. The van der Waals surface area contributed by atoms with Gasteiger partial charge in [0.15, 0.2) is 0 Å². The molecular weight excluding hydrogens is 262 g/mol. The van der Waals surface area contributed by atoms with E-state index in [1.807, 2.05) is 0 Å². The van der Waals surface area contributed by atoms with Gasteiger partial charge in [0.25, 0.3) is 5.91 Å². The molecule has 2 N–H and O–H groups in total. The van der Waals surface area contributed by atoms with E-state index in [2.05, 4.69) is 10.4 Å². The van der Waals surface area contributed by atoms with Crippen molar-refractivity contribution in [2.24, 2.45) is 0 Å². The van der Waals surface area contributed by atoms with E-state index in [9.17, 15) is 9.59 Å². The van der Waals surface area contributed by atoms with Crippen molar-refractivity contribution in [3.8, 4) is 5.75 Å². The maximum Gasteiger partial charge on any atom is 0.325 e. The molecule has 0 radical (unpaired) electrons. The summed E-state index contributed by atoms with van der Waals surface area (Å²) in [6, 6.07) is 8.39. The third-order valence-electron chi connectivity index (χ3n) is 2.59. The number of hydrogen-bond acceptors (Lipinski definition) is 4. The van der Waals surface area contributed by atoms with Crippen LogP contribution in [0.4, 0.5) is 5.69 Å². The molecule has 0 saturated carbocycles. The number of nitrogens with zero attached hydrogens (tertiary/aromatic N) is 2. The van der Waals surface area contributed by atoms with E-state index in [0.29, 0.717) is 11.4 Å². The lowest BCUT2D eigenvalue weighted by Crippen LogP contribution is -2.20. The van der Waals surface area contributed by atoms with Crippen LogP contribution in [0.5, 0.6) is 5.75 Å². The van der Waals surface area contributed by atoms with Crippen molar-refractivity contribution >= 4 is 17.6 Å². The van der Waals surface area contributed by atoms with Gasteiger partial charge in [-0.15, -0.1) is 0 Å². The summed E-state index contributed by atoms with van der Waals surface area (Å²) >= 11 is 0. The zero-order valence-corrected chi connectivity index (χ0v) is 10.7. The molecule has 0 fully saturated rings. The first-order valence-electron chi connectivity index (χ1n) is 5.80. The number of nitrogens with one attached hydrogen (secondary N) is 1. The second kappa shape index (κ2) is 5.87. The van der Waals surface area contributed by atoms with Gasteiger partial charge in [-0.25, -0.2) is 4.68 Å². The van der Waals surface area contributed by atoms with Crippen LogP contribution >= 0.6 is 0 Å². The zero-order chi connectivity index (χ0) is 14.5. The second-order valence-corrected chi connectivity index (χ2v) is 3.92. The van der Waals surface area contributed by atoms with Gasteiger partial charge in [0, 0.05) is 6.20 Å². The highest BCUT2D eigenvalue weighted by Gasteiger charge is 2.15. The van der Waals surface area contributed by atoms with Crippen LogP contribution < -0.4 is 10.1 Å². The second-order valence-electron chi connectivity index (χ2n) is 3.92. The van der Waals surface area contributed by atoms with E-state index >= 15 is 0 Å². The molecule has 2 rings (SSSR count). The van der Waals surface area contributed by atoms with E-state index in [-0.39, 0.29) is 12.2 Å². The van der Waals surface area contributed by atoms with E-state index in [1.165, 1.54) is 19.4 Å². The first kappa shape index (κ1) is 13.6. The third-order valence-corrected chi connectivity index (χ3v) is 2.59. The molecule has 1 amide bonds. The first-order valence-corrected chi connectivity index (χ1v) is 5.80. The fourth-order valence-electron chi connectivity index (χ4n) is 1.71. The standard InChI is InChI=1S/C13H13N3O4/c1-20-11-5-3-2-4-9(11)15-13(19)10-6-7-14-16(10)8-12(17)18/h2-7H,8H2,1H3,(H,15,19)(H,17,18). The lowest BCUT2D eigenvalue weighted by molar-refractivity contribution is -0.137. The summed E-state index contributed by atoms with van der Waals surface area (Å²) < 4.78 is 6.25. The molecule has 0 unspecified atom stereocenters. The number of aliphatic carboxylic acids is 1. The van der Waals surface area contributed by atoms with Crippen LogP contribution in [0.2, 0.25) is 0 Å². The Labute approximate surface area is 114 Å². The van der Waals surface area contributed by atoms with E-state index in [0.717, 1.165) is 4.68 Å². The quantitative estimate of drug-likeness (QED) is 0.856. The van der Waals surface area contributed by atoms with E-state index in [4.69, 9.17) is 9.84 Å². The number of anilines is 1. The fourth-order valence-corrected chi connectivity index (χ4v) is 1.71. The summed E-state index contributed by atoms with van der Waals surface area (Å²) in [5.41, 5.74) is 0.668. The van der Waals surface area contributed by atoms with Gasteiger partial charge in [0.2, 0.25) is 0 Å². The van der Waals surface area contributed by atoms with Gasteiger partial charge in [-0.2, -0.15) is 5.10 Å². The van der Waals surface area contributed by atoms with E-state index in [1.54, 1.807) is 24.3 Å². The number of methoxy groups -OCH3 is 1. The highest BCUT2D eigenvalue weighted by atomic mass is 16.5. The van der Waals surface area contributed by atoms with Crippen molar-refractivity contribution in [3.05, 3.63) is 42.2 Å². The zero-order valence-electron chi connectivity index (χ0n) is 10.7. The predicted molar refractivity (Wildman–Crippen MR) is 70.8 cm³/mol. The number of ether oxygens (including phenoxy) is 1. The minimum absolute atomic E-state index is 0.165. The molecule has 1 aromatic heterocycles. The van der Waals surface area contributed by atoms with Crippen LogP contribution in [-0.4, -0.2) is 33.9 Å². The van der Waals surface area contributed by atoms with Crippen LogP contribution in [0.3, 0.4) is 0 Å². The SMILES string of the molecule is COc1ccccc1NC(=O)c1ccnn1CC(=O)O. The Kier molecular flexibility index (Phi) is 3.99. The molecule has 0 aliphatic rings. The van der Waals surface area contributed by atoms with Crippen molar-refractivity contribution in [2.75, 3.05) is 12.4 Å². The summed E-state index contributed by atoms with van der Waals surface area (Å²) in [5.74, 6) is -1.00. The monoisotopic (exact) mass is 275 g/mol. The number of benzene rings is 1. The summed E-state index contributed by atoms with van der Waals surface area (Å²) in [6.07, 6.45) is 1.38. The summed E-state index contributed by atoms with van der Waals surface area (Å²) in [7, 11) is 1.50. The number of rotatable bonds is 5. The molecule has 7 heteroatoms. The minimum Gasteiger partial charge on any atom is -0.495 e. The van der Waals surface area contributed by atoms with Gasteiger partial charge in [-0.1, -0.05) is 12.1 Å². The molecule has 0 spiro atoms. The predicted octanol–water partition coefficient (Wildman–Crippen LogP) is 1.23. The smallest absolute Gasteiger partial charge is 0.325 e. The summed E-state index contributed by atoms with van der Waals surface area (Å²) in [5, 5.41) is 15.2. The molecule has 0 bridgehead atoms. The normalized spacial score (nSPS) is 10.1. The molecule has 7 nitrogen and oxygen atoms in total. The van der Waals surface area contributed by atoms with Gasteiger partial charge in [0.1, 0.15) is 18.0 Å². The highest BCUT2D eigenvalue weighted by Crippen LogP contribution is 2.23. The molecule has 0 saturated heterocycles. The van der Waals surface area contributed by atoms with Gasteiger partial charge in [-0.3, -0.25) is 9.59 Å². The van der Waals surface area contributed by atoms with Gasteiger partial charge in [-0.05, 0) is 18.2 Å². The summed E-state index contributed by atoms with van der Waals surface area (Å²) in [6.45, 7) is -0.373. The van der Waals surface area contributed by atoms with Crippen molar-refractivity contribution in [1.82, 2.24) is 9.78 Å². The molecule has 1 aromatic carbocycles. The average Bonchev–Trinajstić information content (AvgIpc) is 2.86. The molecule has 2 aromatic rings. The van der Waals surface area contributed by atoms with Crippen LogP contribution in [-0.2, 0) is 11.3 Å². The molecule has 0 aliphatic carbocycles. The maximum atomic E-state index is 12.1. The fraction of sp³-hybridized carbons (Fsp3) is 0.154. The van der Waals surface area contributed by atoms with Gasteiger partial charge >= 0.3 is 5.97 Å². The minimum atomic E-state index is -1.07. The Morgan fingerprint density at radius 1 is 1.35 bits per heavy atom. The van der Waals surface area contributed by atoms with Crippen LogP contribution in [0.25, 0.3) is 0 Å². The number of amides is 1. The Morgan fingerprint density at radius 3 is 2.80 bits per heavy atom. The molecule has 0 aliphatic heterocycles. The van der Waals surface area contributed by atoms with Gasteiger partial charge < -0.3 is 15.2 Å². The molecular formula is C13H13N3O4. The summed E-state index contributed by atoms with van der Waals surface area (Å²) in [4.78, 5) is 22.8. The number of hydrogen-bond donors (Lipinski definition) is 2. The number of carbonyl (C=O) groups is 2. The Balaban J connectivity index is 2.20. The van der Waals surface area contributed by atoms with Crippen molar-refractivity contribution in [2.45, 2.75) is 6.54 Å². The Bertz CT molecular complexity index is 636. The van der Waals surface area contributed by atoms with Crippen molar-refractivity contribution in [1.29, 1.82) is 0 Å². The lowest BCUT2D eigenvalue weighted by atomic mass is 10.3.